The van der Waals surface area contributed by atoms with E-state index in [-0.39, 0.29) is 18.1 Å². The van der Waals surface area contributed by atoms with Gasteiger partial charge in [0, 0.05) is 6.54 Å². The summed E-state index contributed by atoms with van der Waals surface area (Å²) in [5, 5.41) is 3.50. The van der Waals surface area contributed by atoms with Crippen LogP contribution >= 0.6 is 11.8 Å². The summed E-state index contributed by atoms with van der Waals surface area (Å²) >= 11 is 1.87. The van der Waals surface area contributed by atoms with Gasteiger partial charge < -0.3 is 4.90 Å². The number of carbonyl (C=O) groups excluding carboxylic acids is 1. The third kappa shape index (κ3) is 4.01. The van der Waals surface area contributed by atoms with Gasteiger partial charge in [0.25, 0.3) is 0 Å². The van der Waals surface area contributed by atoms with Crippen LogP contribution in [0.15, 0.2) is 24.3 Å². The Morgan fingerprint density at radius 2 is 2.14 bits per heavy atom. The zero-order chi connectivity index (χ0) is 15.2. The molecule has 0 spiro atoms. The molecule has 1 aromatic carbocycles. The number of hydrogen-bond donors (Lipinski definition) is 1. The third-order valence-electron chi connectivity index (χ3n) is 4.02. The van der Waals surface area contributed by atoms with E-state index in [4.69, 9.17) is 0 Å². The van der Waals surface area contributed by atoms with Crippen molar-refractivity contribution >= 4 is 17.7 Å². The van der Waals surface area contributed by atoms with Gasteiger partial charge in [-0.05, 0) is 43.8 Å². The minimum absolute atomic E-state index is 0.0314. The maximum absolute atomic E-state index is 12.5. The van der Waals surface area contributed by atoms with Gasteiger partial charge >= 0.3 is 0 Å². The van der Waals surface area contributed by atoms with Gasteiger partial charge in [0.1, 0.15) is 6.17 Å². The number of nitrogens with one attached hydrogen (secondary N) is 1. The van der Waals surface area contributed by atoms with Gasteiger partial charge in [-0.25, -0.2) is 0 Å². The van der Waals surface area contributed by atoms with E-state index in [0.29, 0.717) is 0 Å². The van der Waals surface area contributed by atoms with Crippen LogP contribution in [0.3, 0.4) is 0 Å². The number of benzene rings is 1. The lowest BCUT2D eigenvalue weighted by Gasteiger charge is -2.25. The molecule has 2 unspecified atom stereocenters. The van der Waals surface area contributed by atoms with E-state index in [2.05, 4.69) is 49.7 Å². The predicted molar refractivity (Wildman–Crippen MR) is 90.5 cm³/mol. The quantitative estimate of drug-likeness (QED) is 0.784. The number of aryl methyl sites for hydroxylation is 1. The van der Waals surface area contributed by atoms with Gasteiger partial charge in [0.2, 0.25) is 5.91 Å². The molecule has 21 heavy (non-hydrogen) atoms. The molecule has 116 valence electrons. The lowest BCUT2D eigenvalue weighted by atomic mass is 10.1. The second kappa shape index (κ2) is 7.85. The zero-order valence-electron chi connectivity index (χ0n) is 13.3. The van der Waals surface area contributed by atoms with E-state index >= 15 is 0 Å². The Morgan fingerprint density at radius 1 is 1.33 bits per heavy atom. The van der Waals surface area contributed by atoms with Crippen LogP contribution in [0.25, 0.3) is 0 Å². The molecule has 1 saturated heterocycles. The molecule has 1 aliphatic rings. The van der Waals surface area contributed by atoms with Crippen molar-refractivity contribution in [3.8, 4) is 0 Å². The lowest BCUT2D eigenvalue weighted by Crippen LogP contribution is -2.32. The topological polar surface area (TPSA) is 32.3 Å². The average molecular weight is 306 g/mol. The van der Waals surface area contributed by atoms with Crippen LogP contribution < -0.4 is 5.32 Å². The summed E-state index contributed by atoms with van der Waals surface area (Å²) in [5.74, 6) is 1.43. The number of unbranched alkanes of at least 4 members (excludes halogenated alkanes) is 1. The maximum Gasteiger partial charge on any atom is 0.241 e. The Kier molecular flexibility index (Phi) is 6.12. The van der Waals surface area contributed by atoms with Crippen LogP contribution in [0.5, 0.6) is 0 Å². The second-order valence-electron chi connectivity index (χ2n) is 5.68. The van der Waals surface area contributed by atoms with Gasteiger partial charge in [-0.2, -0.15) is 11.8 Å². The van der Waals surface area contributed by atoms with Crippen molar-refractivity contribution in [2.24, 2.45) is 0 Å². The Morgan fingerprint density at radius 3 is 2.81 bits per heavy atom. The molecule has 0 aromatic heterocycles. The largest absolute Gasteiger partial charge is 0.322 e. The molecule has 0 saturated carbocycles. The number of carbonyl (C=O) groups is 1. The molecule has 1 aliphatic heterocycles. The Bertz CT molecular complexity index is 478. The Balaban J connectivity index is 2.10. The standard InChI is InChI=1S/C17H26N2OS/c1-4-15-17(20)19(10-5-6-11-21-3)16(18-15)14-9-7-8-13(2)12-14/h7-9,12,15-16,18H,4-6,10-11H2,1-3H3. The third-order valence-corrected chi connectivity index (χ3v) is 4.71. The summed E-state index contributed by atoms with van der Waals surface area (Å²) < 4.78 is 0. The normalized spacial score (nSPS) is 22.0. The number of nitrogens with zero attached hydrogens (tertiary/aromatic N) is 1. The maximum atomic E-state index is 12.5. The smallest absolute Gasteiger partial charge is 0.241 e. The van der Waals surface area contributed by atoms with Crippen LogP contribution in [-0.4, -0.2) is 35.4 Å². The summed E-state index contributed by atoms with van der Waals surface area (Å²) in [6, 6.07) is 8.43. The molecular formula is C17H26N2OS. The molecule has 1 N–H and O–H groups in total. The first-order chi connectivity index (χ1) is 10.2. The highest BCUT2D eigenvalue weighted by Gasteiger charge is 2.37. The van der Waals surface area contributed by atoms with Gasteiger partial charge in [-0.1, -0.05) is 36.8 Å². The summed E-state index contributed by atoms with van der Waals surface area (Å²) in [6.45, 7) is 5.02. The van der Waals surface area contributed by atoms with Crippen molar-refractivity contribution in [2.75, 3.05) is 18.6 Å². The van der Waals surface area contributed by atoms with Crippen molar-refractivity contribution in [3.63, 3.8) is 0 Å². The molecule has 4 heteroatoms. The van der Waals surface area contributed by atoms with Crippen molar-refractivity contribution in [1.29, 1.82) is 0 Å². The molecule has 0 aliphatic carbocycles. The van der Waals surface area contributed by atoms with Crippen LogP contribution in [0, 0.1) is 6.92 Å². The summed E-state index contributed by atoms with van der Waals surface area (Å²) in [7, 11) is 0. The monoisotopic (exact) mass is 306 g/mol. The Labute approximate surface area is 132 Å². The molecule has 1 amide bonds. The lowest BCUT2D eigenvalue weighted by molar-refractivity contribution is -0.130. The number of rotatable bonds is 7. The molecule has 1 heterocycles. The number of thioether (sulfide) groups is 1. The van der Waals surface area contributed by atoms with Crippen molar-refractivity contribution in [1.82, 2.24) is 10.2 Å². The number of hydrogen-bond acceptors (Lipinski definition) is 3. The van der Waals surface area contributed by atoms with Crippen LogP contribution in [-0.2, 0) is 4.79 Å². The van der Waals surface area contributed by atoms with Crippen molar-refractivity contribution in [2.45, 2.75) is 45.3 Å². The van der Waals surface area contributed by atoms with Gasteiger partial charge in [0.15, 0.2) is 0 Å². The van der Waals surface area contributed by atoms with Crippen LogP contribution in [0.2, 0.25) is 0 Å². The van der Waals surface area contributed by atoms with E-state index in [0.717, 1.165) is 19.4 Å². The summed E-state index contributed by atoms with van der Waals surface area (Å²) in [4.78, 5) is 14.6. The van der Waals surface area contributed by atoms with Crippen molar-refractivity contribution in [3.05, 3.63) is 35.4 Å². The van der Waals surface area contributed by atoms with Crippen LogP contribution in [0.1, 0.15) is 43.5 Å². The molecule has 1 aromatic rings. The minimum atomic E-state index is -0.0314. The molecule has 3 nitrogen and oxygen atoms in total. The molecule has 2 atom stereocenters. The predicted octanol–water partition coefficient (Wildman–Crippen LogP) is 3.35. The highest BCUT2D eigenvalue weighted by molar-refractivity contribution is 7.98. The molecule has 0 bridgehead atoms. The van der Waals surface area contributed by atoms with E-state index in [1.807, 2.05) is 16.7 Å². The first kappa shape index (κ1) is 16.4. The van der Waals surface area contributed by atoms with Crippen LogP contribution in [0.4, 0.5) is 0 Å². The highest BCUT2D eigenvalue weighted by atomic mass is 32.2. The molecule has 2 rings (SSSR count). The highest BCUT2D eigenvalue weighted by Crippen LogP contribution is 2.27. The molecule has 0 radical (unpaired) electrons. The van der Waals surface area contributed by atoms with E-state index in [1.165, 1.54) is 23.3 Å². The first-order valence-corrected chi connectivity index (χ1v) is 9.18. The van der Waals surface area contributed by atoms with Crippen molar-refractivity contribution < 1.29 is 4.79 Å². The van der Waals surface area contributed by atoms with Gasteiger partial charge in [0.05, 0.1) is 6.04 Å². The summed E-state index contributed by atoms with van der Waals surface area (Å²) in [6.07, 6.45) is 5.26. The fraction of sp³-hybridized carbons (Fsp3) is 0.588. The average Bonchev–Trinajstić information content (AvgIpc) is 2.80. The first-order valence-electron chi connectivity index (χ1n) is 7.79. The SMILES string of the molecule is CCC1NC(c2cccc(C)c2)N(CCCCSC)C1=O. The Hall–Kier alpha value is -1.00. The summed E-state index contributed by atoms with van der Waals surface area (Å²) in [5.41, 5.74) is 2.44. The fourth-order valence-electron chi connectivity index (χ4n) is 2.86. The minimum Gasteiger partial charge on any atom is -0.322 e. The molecular weight excluding hydrogens is 280 g/mol. The van der Waals surface area contributed by atoms with Gasteiger partial charge in [-0.15, -0.1) is 0 Å². The van der Waals surface area contributed by atoms with E-state index in [9.17, 15) is 4.79 Å². The number of amides is 1. The van der Waals surface area contributed by atoms with Gasteiger partial charge in [-0.3, -0.25) is 10.1 Å². The zero-order valence-corrected chi connectivity index (χ0v) is 14.1. The fourth-order valence-corrected chi connectivity index (χ4v) is 3.35. The second-order valence-corrected chi connectivity index (χ2v) is 6.66. The van der Waals surface area contributed by atoms with E-state index < -0.39 is 0 Å². The van der Waals surface area contributed by atoms with E-state index in [1.54, 1.807) is 0 Å². The molecule has 1 fully saturated rings.